The molecule has 5 heteroatoms. The second-order valence-corrected chi connectivity index (χ2v) is 5.49. The Kier molecular flexibility index (Phi) is 3.36. The Balaban J connectivity index is 2.34. The summed E-state index contributed by atoms with van der Waals surface area (Å²) in [5.41, 5.74) is 1.58. The number of aliphatic carboxylic acids is 1. The quantitative estimate of drug-likeness (QED) is 0.946. The van der Waals surface area contributed by atoms with Gasteiger partial charge in [-0.2, -0.15) is 0 Å². The SMILES string of the molecule is O=C(O)Cc1nc(-c2ccccc2)sc1Br. The van der Waals surface area contributed by atoms with Crippen molar-refractivity contribution in [3.8, 4) is 10.6 Å². The summed E-state index contributed by atoms with van der Waals surface area (Å²) in [6.45, 7) is 0. The highest BCUT2D eigenvalue weighted by Gasteiger charge is 2.12. The zero-order valence-corrected chi connectivity index (χ0v) is 10.6. The minimum atomic E-state index is -0.870. The summed E-state index contributed by atoms with van der Waals surface area (Å²) >= 11 is 4.79. The van der Waals surface area contributed by atoms with Crippen LogP contribution in [0, 0.1) is 0 Å². The number of benzene rings is 1. The van der Waals surface area contributed by atoms with Gasteiger partial charge >= 0.3 is 5.97 Å². The van der Waals surface area contributed by atoms with Gasteiger partial charge in [0.2, 0.25) is 0 Å². The van der Waals surface area contributed by atoms with Crippen molar-refractivity contribution >= 4 is 33.2 Å². The van der Waals surface area contributed by atoms with E-state index >= 15 is 0 Å². The summed E-state index contributed by atoms with van der Waals surface area (Å²) in [6, 6.07) is 9.71. The molecule has 1 aromatic carbocycles. The Morgan fingerprint density at radius 3 is 2.69 bits per heavy atom. The number of nitrogens with zero attached hydrogens (tertiary/aromatic N) is 1. The molecule has 0 atom stereocenters. The molecule has 0 radical (unpaired) electrons. The lowest BCUT2D eigenvalue weighted by molar-refractivity contribution is -0.136. The zero-order valence-electron chi connectivity index (χ0n) is 8.18. The van der Waals surface area contributed by atoms with Gasteiger partial charge in [-0.25, -0.2) is 4.98 Å². The number of thiazole rings is 1. The summed E-state index contributed by atoms with van der Waals surface area (Å²) in [6.07, 6.45) is -0.0517. The van der Waals surface area contributed by atoms with Crippen molar-refractivity contribution in [3.05, 3.63) is 39.8 Å². The van der Waals surface area contributed by atoms with Gasteiger partial charge in [-0.05, 0) is 15.9 Å². The molecule has 0 bridgehead atoms. The van der Waals surface area contributed by atoms with Crippen LogP contribution in [0.15, 0.2) is 34.1 Å². The third kappa shape index (κ3) is 2.48. The second kappa shape index (κ2) is 4.76. The van der Waals surface area contributed by atoms with Gasteiger partial charge in [0.05, 0.1) is 15.9 Å². The van der Waals surface area contributed by atoms with E-state index < -0.39 is 5.97 Å². The van der Waals surface area contributed by atoms with Crippen LogP contribution in [0.1, 0.15) is 5.69 Å². The average Bonchev–Trinajstić information content (AvgIpc) is 2.61. The van der Waals surface area contributed by atoms with Crippen LogP contribution >= 0.6 is 27.3 Å². The molecule has 0 fully saturated rings. The molecule has 0 aliphatic heterocycles. The second-order valence-electron chi connectivity index (χ2n) is 3.18. The number of aromatic nitrogens is 1. The number of hydrogen-bond donors (Lipinski definition) is 1. The highest BCUT2D eigenvalue weighted by molar-refractivity contribution is 9.11. The molecule has 0 unspecified atom stereocenters. The van der Waals surface area contributed by atoms with Crippen LogP contribution in [0.5, 0.6) is 0 Å². The number of halogens is 1. The van der Waals surface area contributed by atoms with Crippen LogP contribution in [0.4, 0.5) is 0 Å². The van der Waals surface area contributed by atoms with Gasteiger partial charge in [-0.3, -0.25) is 4.79 Å². The predicted molar refractivity (Wildman–Crippen MR) is 66.6 cm³/mol. The molecule has 0 saturated heterocycles. The van der Waals surface area contributed by atoms with Crippen LogP contribution in [-0.4, -0.2) is 16.1 Å². The number of carbonyl (C=O) groups is 1. The van der Waals surface area contributed by atoms with Crippen LogP contribution in [0.3, 0.4) is 0 Å². The first-order valence-corrected chi connectivity index (χ1v) is 6.20. The van der Waals surface area contributed by atoms with Gasteiger partial charge < -0.3 is 5.11 Å². The fraction of sp³-hybridized carbons (Fsp3) is 0.0909. The lowest BCUT2D eigenvalue weighted by Gasteiger charge is -1.93. The molecule has 2 rings (SSSR count). The predicted octanol–water partition coefficient (Wildman–Crippen LogP) is 3.20. The number of carboxylic acids is 1. The van der Waals surface area contributed by atoms with E-state index in [1.807, 2.05) is 30.3 Å². The van der Waals surface area contributed by atoms with E-state index in [4.69, 9.17) is 5.11 Å². The normalized spacial score (nSPS) is 10.3. The minimum Gasteiger partial charge on any atom is -0.481 e. The van der Waals surface area contributed by atoms with Gasteiger partial charge in [0.25, 0.3) is 0 Å². The molecule has 0 spiro atoms. The van der Waals surface area contributed by atoms with E-state index in [0.29, 0.717) is 5.69 Å². The monoisotopic (exact) mass is 297 g/mol. The largest absolute Gasteiger partial charge is 0.481 e. The van der Waals surface area contributed by atoms with E-state index in [1.54, 1.807) is 0 Å². The average molecular weight is 298 g/mol. The van der Waals surface area contributed by atoms with Gasteiger partial charge in [-0.15, -0.1) is 11.3 Å². The molecule has 0 saturated carbocycles. The lowest BCUT2D eigenvalue weighted by atomic mass is 10.2. The summed E-state index contributed by atoms with van der Waals surface area (Å²) in [7, 11) is 0. The topological polar surface area (TPSA) is 50.2 Å². The summed E-state index contributed by atoms with van der Waals surface area (Å²) in [5, 5.41) is 9.55. The van der Waals surface area contributed by atoms with Gasteiger partial charge in [0.15, 0.2) is 0 Å². The molecule has 82 valence electrons. The summed E-state index contributed by atoms with van der Waals surface area (Å²) < 4.78 is 0.786. The number of rotatable bonds is 3. The molecule has 16 heavy (non-hydrogen) atoms. The first-order chi connectivity index (χ1) is 7.66. The van der Waals surface area contributed by atoms with Crippen molar-refractivity contribution in [1.29, 1.82) is 0 Å². The molecule has 0 amide bonds. The highest BCUT2D eigenvalue weighted by atomic mass is 79.9. The Bertz CT molecular complexity index is 510. The first-order valence-electron chi connectivity index (χ1n) is 4.59. The molecular formula is C11H8BrNO2S. The van der Waals surface area contributed by atoms with E-state index in [2.05, 4.69) is 20.9 Å². The van der Waals surface area contributed by atoms with Crippen LogP contribution in [0.25, 0.3) is 10.6 Å². The molecule has 0 aliphatic rings. The highest BCUT2D eigenvalue weighted by Crippen LogP contribution is 2.32. The fourth-order valence-corrected chi connectivity index (χ4v) is 2.79. The van der Waals surface area contributed by atoms with Crippen LogP contribution < -0.4 is 0 Å². The third-order valence-electron chi connectivity index (χ3n) is 1.99. The van der Waals surface area contributed by atoms with Crippen molar-refractivity contribution in [2.75, 3.05) is 0 Å². The van der Waals surface area contributed by atoms with Gasteiger partial charge in [0, 0.05) is 5.56 Å². The van der Waals surface area contributed by atoms with Crippen LogP contribution in [0.2, 0.25) is 0 Å². The Hall–Kier alpha value is -1.20. The number of carboxylic acid groups (broad SMARTS) is 1. The maximum absolute atomic E-state index is 10.6. The van der Waals surface area contributed by atoms with Crippen LogP contribution in [-0.2, 0) is 11.2 Å². The molecule has 1 aromatic heterocycles. The van der Waals surface area contributed by atoms with Gasteiger partial charge in [0.1, 0.15) is 5.01 Å². The molecular weight excluding hydrogens is 290 g/mol. The van der Waals surface area contributed by atoms with Crippen molar-refractivity contribution in [2.45, 2.75) is 6.42 Å². The molecule has 1 N–H and O–H groups in total. The molecule has 3 nitrogen and oxygen atoms in total. The third-order valence-corrected chi connectivity index (χ3v) is 3.87. The van der Waals surface area contributed by atoms with Crippen molar-refractivity contribution in [3.63, 3.8) is 0 Å². The zero-order chi connectivity index (χ0) is 11.5. The fourth-order valence-electron chi connectivity index (χ4n) is 1.29. The maximum atomic E-state index is 10.6. The first kappa shape index (κ1) is 11.3. The summed E-state index contributed by atoms with van der Waals surface area (Å²) in [4.78, 5) is 14.9. The van der Waals surface area contributed by atoms with Crippen molar-refractivity contribution in [1.82, 2.24) is 4.98 Å². The Morgan fingerprint density at radius 1 is 1.38 bits per heavy atom. The number of hydrogen-bond acceptors (Lipinski definition) is 3. The van der Waals surface area contributed by atoms with E-state index in [-0.39, 0.29) is 6.42 Å². The van der Waals surface area contributed by atoms with Crippen molar-refractivity contribution < 1.29 is 9.90 Å². The molecule has 2 aromatic rings. The van der Waals surface area contributed by atoms with E-state index in [1.165, 1.54) is 11.3 Å². The standard InChI is InChI=1S/C11H8BrNO2S/c12-10-8(6-9(14)15)13-11(16-10)7-4-2-1-3-5-7/h1-5H,6H2,(H,14,15). The van der Waals surface area contributed by atoms with E-state index in [0.717, 1.165) is 14.4 Å². The van der Waals surface area contributed by atoms with E-state index in [9.17, 15) is 4.79 Å². The van der Waals surface area contributed by atoms with Gasteiger partial charge in [-0.1, -0.05) is 30.3 Å². The lowest BCUT2D eigenvalue weighted by Crippen LogP contribution is -2.00. The molecule has 0 aliphatic carbocycles. The summed E-state index contributed by atoms with van der Waals surface area (Å²) in [5.74, 6) is -0.870. The molecule has 1 heterocycles. The minimum absolute atomic E-state index is 0.0517. The Morgan fingerprint density at radius 2 is 2.06 bits per heavy atom. The van der Waals surface area contributed by atoms with Crippen molar-refractivity contribution in [2.24, 2.45) is 0 Å². The smallest absolute Gasteiger partial charge is 0.309 e. The Labute approximate surface area is 105 Å². The maximum Gasteiger partial charge on any atom is 0.309 e.